The number of hydrogen-bond acceptors (Lipinski definition) is 12. The molecule has 0 fully saturated rings. The maximum atomic E-state index is 13.2. The molecule has 6 atom stereocenters. The second-order valence-electron chi connectivity index (χ2n) is 7.59. The second kappa shape index (κ2) is 15.6. The van der Waals surface area contributed by atoms with Crippen LogP contribution in [0, 0.1) is 0 Å². The van der Waals surface area contributed by atoms with Crippen LogP contribution in [0.25, 0.3) is 0 Å². The van der Waals surface area contributed by atoms with E-state index in [0.29, 0.717) is 0 Å². The van der Waals surface area contributed by atoms with Gasteiger partial charge in [-0.15, -0.1) is 0 Å². The Hall–Kier alpha value is 0.930. The highest BCUT2D eigenvalue weighted by Gasteiger charge is 2.60. The lowest BCUT2D eigenvalue weighted by Gasteiger charge is -2.26. The van der Waals surface area contributed by atoms with E-state index in [-0.39, 0.29) is 5.90 Å². The molecule has 0 saturated carbocycles. The van der Waals surface area contributed by atoms with Crippen LogP contribution >= 0.6 is 44.2 Å². The zero-order valence-corrected chi connectivity index (χ0v) is 27.9. The summed E-state index contributed by atoms with van der Waals surface area (Å²) in [7, 11) is -14.1. The summed E-state index contributed by atoms with van der Waals surface area (Å²) in [5.41, 5.74) is -2.04. The minimum absolute atomic E-state index is 0.00694. The largest absolute Gasteiger partial charge is 0.393 e. The average molecular weight is 654 g/mol. The Morgan fingerprint density at radius 3 is 0.972 bits per heavy atom. The number of rotatable bonds is 12. The lowest BCUT2D eigenvalue weighted by molar-refractivity contribution is 0.137. The Morgan fingerprint density at radius 2 is 0.806 bits per heavy atom. The van der Waals surface area contributed by atoms with Gasteiger partial charge >= 0.3 is 5.40 Å². The lowest BCUT2D eigenvalue weighted by atomic mass is 11.6. The Bertz CT molecular complexity index is 902. The third-order valence-corrected chi connectivity index (χ3v) is 21.2. The summed E-state index contributed by atoms with van der Waals surface area (Å²) < 4.78 is 133. The van der Waals surface area contributed by atoms with Crippen LogP contribution in [-0.4, -0.2) is 99.6 Å². The minimum atomic E-state index is -4.24. The topological polar surface area (TPSA) is 158 Å². The molecule has 0 aromatic rings. The van der Waals surface area contributed by atoms with Gasteiger partial charge in [-0.2, -0.15) is 8.78 Å². The molecule has 0 amide bonds. The monoisotopic (exact) mass is 654 g/mol. The summed E-state index contributed by atoms with van der Waals surface area (Å²) in [5, 5.41) is -3.94. The molecular weight excluding hydrogens is 615 g/mol. The van der Waals surface area contributed by atoms with Gasteiger partial charge in [0.1, 0.15) is 5.90 Å². The van der Waals surface area contributed by atoms with Gasteiger partial charge in [0.15, 0.2) is 0 Å². The standard InChI is InChI=1S/C5H12F2O4P2.C5H13FO4P2.C5H14O4P2/c1-10-12(3,8)5(6,7)13(4,9)11-2;1-9-11(3,7)5(6)12(4,8)10-2;1-8-10(3,6)5-11(4,7)9-2/h1-4H3;5H,1-4H3;5H2,1-4H3. The van der Waals surface area contributed by atoms with Crippen LogP contribution in [0.5, 0.6) is 0 Å². The van der Waals surface area contributed by atoms with E-state index in [9.17, 15) is 40.6 Å². The Labute approximate surface area is 211 Å². The molecule has 222 valence electrons. The SMILES string of the molecule is COP(C)(=O)C(F)(F)P(C)(=O)OC.COP(C)(=O)C(F)P(C)(=O)OC.COP(C)(=O)CP(C)(=O)OC. The number of halogens is 3. The fraction of sp³-hybridized carbons (Fsp3) is 1.00. The Morgan fingerprint density at radius 1 is 0.556 bits per heavy atom. The predicted octanol–water partition coefficient (Wildman–Crippen LogP) is 7.05. The van der Waals surface area contributed by atoms with Crippen molar-refractivity contribution in [3.8, 4) is 0 Å². The van der Waals surface area contributed by atoms with Gasteiger partial charge in [-0.3, -0.25) is 27.4 Å². The Balaban J connectivity index is -0.000000455. The van der Waals surface area contributed by atoms with Crippen molar-refractivity contribution in [2.24, 2.45) is 0 Å². The van der Waals surface area contributed by atoms with Crippen molar-refractivity contribution in [2.45, 2.75) is 11.1 Å². The quantitative estimate of drug-likeness (QED) is 0.198. The average Bonchev–Trinajstić information content (AvgIpc) is 2.78. The van der Waals surface area contributed by atoms with Crippen LogP contribution in [0.15, 0.2) is 0 Å². The lowest BCUT2D eigenvalue weighted by Crippen LogP contribution is -2.18. The van der Waals surface area contributed by atoms with Crippen molar-refractivity contribution >= 4 is 44.2 Å². The highest BCUT2D eigenvalue weighted by Crippen LogP contribution is 2.75. The first-order valence-corrected chi connectivity index (χ1v) is 22.5. The van der Waals surface area contributed by atoms with E-state index in [2.05, 4.69) is 27.1 Å². The first kappa shape index (κ1) is 41.4. The fourth-order valence-corrected chi connectivity index (χ4v) is 13.9. The van der Waals surface area contributed by atoms with Crippen molar-refractivity contribution in [1.29, 1.82) is 0 Å². The van der Waals surface area contributed by atoms with Crippen LogP contribution in [-0.2, 0) is 54.5 Å². The molecule has 0 aromatic heterocycles. The zero-order valence-electron chi connectivity index (χ0n) is 22.5. The summed E-state index contributed by atoms with van der Waals surface area (Å²) in [6.07, 6.45) is 0. The van der Waals surface area contributed by atoms with Gasteiger partial charge in [-0.05, 0) is 0 Å². The van der Waals surface area contributed by atoms with Gasteiger partial charge in [-0.25, -0.2) is 4.39 Å². The summed E-state index contributed by atoms with van der Waals surface area (Å²) in [4.78, 5) is 0. The van der Waals surface area contributed by atoms with Crippen molar-refractivity contribution in [2.75, 3.05) is 88.6 Å². The molecule has 0 aromatic carbocycles. The van der Waals surface area contributed by atoms with Gasteiger partial charge in [0.05, 0.1) is 0 Å². The molecule has 0 bridgehead atoms. The van der Waals surface area contributed by atoms with Crippen LogP contribution in [0.1, 0.15) is 0 Å². The van der Waals surface area contributed by atoms with Crippen molar-refractivity contribution < 1.29 is 67.7 Å². The third kappa shape index (κ3) is 13.3. The van der Waals surface area contributed by atoms with Crippen LogP contribution in [0.3, 0.4) is 0 Å². The molecule has 36 heavy (non-hydrogen) atoms. The van der Waals surface area contributed by atoms with E-state index in [0.717, 1.165) is 55.1 Å². The van der Waals surface area contributed by atoms with E-state index in [1.807, 2.05) is 0 Å². The molecule has 6 unspecified atom stereocenters. The first-order chi connectivity index (χ1) is 15.7. The van der Waals surface area contributed by atoms with Crippen LogP contribution in [0.2, 0.25) is 0 Å². The smallest absolute Gasteiger partial charge is 0.332 e. The molecule has 0 N–H and O–H groups in total. The molecule has 0 rings (SSSR count). The predicted molar refractivity (Wildman–Crippen MR) is 138 cm³/mol. The fourth-order valence-electron chi connectivity index (χ4n) is 1.69. The first-order valence-electron chi connectivity index (χ1n) is 9.52. The summed E-state index contributed by atoms with van der Waals surface area (Å²) in [6, 6.07) is 0. The minimum Gasteiger partial charge on any atom is -0.332 e. The Kier molecular flexibility index (Phi) is 18.0. The van der Waals surface area contributed by atoms with Crippen molar-refractivity contribution in [3.05, 3.63) is 0 Å². The highest BCUT2D eigenvalue weighted by atomic mass is 31.2. The van der Waals surface area contributed by atoms with E-state index < -0.39 is 55.3 Å². The van der Waals surface area contributed by atoms with Gasteiger partial charge in [0, 0.05) is 82.6 Å². The van der Waals surface area contributed by atoms with E-state index in [1.165, 1.54) is 27.5 Å². The second-order valence-corrected chi connectivity index (χ2v) is 24.8. The van der Waals surface area contributed by atoms with Gasteiger partial charge < -0.3 is 27.1 Å². The normalized spacial score (nSPS) is 22.8. The maximum absolute atomic E-state index is 13.2. The highest BCUT2D eigenvalue weighted by molar-refractivity contribution is 7.77. The van der Waals surface area contributed by atoms with Crippen LogP contribution in [0.4, 0.5) is 13.2 Å². The molecule has 0 spiro atoms. The molecule has 0 heterocycles. The molecule has 0 aliphatic rings. The van der Waals surface area contributed by atoms with Gasteiger partial charge in [0.2, 0.25) is 29.5 Å². The maximum Gasteiger partial charge on any atom is 0.393 e. The van der Waals surface area contributed by atoms with Crippen molar-refractivity contribution in [1.82, 2.24) is 0 Å². The molecule has 0 aliphatic carbocycles. The molecule has 0 aliphatic heterocycles. The van der Waals surface area contributed by atoms with E-state index >= 15 is 0 Å². The van der Waals surface area contributed by atoms with E-state index in [4.69, 9.17) is 0 Å². The van der Waals surface area contributed by atoms with Crippen LogP contribution < -0.4 is 0 Å². The van der Waals surface area contributed by atoms with E-state index in [1.54, 1.807) is 0 Å². The zero-order chi connectivity index (χ0) is 30.0. The van der Waals surface area contributed by atoms with Crippen molar-refractivity contribution in [3.63, 3.8) is 0 Å². The molecule has 0 radical (unpaired) electrons. The summed E-state index contributed by atoms with van der Waals surface area (Å²) in [5.74, 6) is 0.00694. The number of hydrogen-bond donors (Lipinski definition) is 0. The van der Waals surface area contributed by atoms with Gasteiger partial charge in [-0.1, -0.05) is 0 Å². The third-order valence-electron chi connectivity index (χ3n) is 4.46. The molecule has 12 nitrogen and oxygen atoms in total. The molecule has 21 heteroatoms. The summed E-state index contributed by atoms with van der Waals surface area (Å²) >= 11 is 0. The molecular formula is C15H39F3O12P6. The number of alkyl halides is 3. The summed E-state index contributed by atoms with van der Waals surface area (Å²) in [6.45, 7) is 6.52. The molecule has 0 saturated heterocycles. The van der Waals surface area contributed by atoms with Gasteiger partial charge in [0.25, 0.3) is 20.4 Å².